The molecule has 1 atom stereocenters. The summed E-state index contributed by atoms with van der Waals surface area (Å²) in [6.45, 7) is 8.14. The minimum atomic E-state index is -0.00373. The van der Waals surface area contributed by atoms with Gasteiger partial charge in [0.1, 0.15) is 0 Å². The van der Waals surface area contributed by atoms with Gasteiger partial charge in [0.25, 0.3) is 0 Å². The van der Waals surface area contributed by atoms with Crippen LogP contribution in [0.2, 0.25) is 0 Å². The maximum atomic E-state index is 13.0. The Hall–Kier alpha value is -2.39. The molecule has 1 aromatic carbocycles. The van der Waals surface area contributed by atoms with Crippen LogP contribution in [-0.2, 0) is 9.59 Å². The molecule has 1 aliphatic rings. The van der Waals surface area contributed by atoms with Gasteiger partial charge >= 0.3 is 0 Å². The second-order valence-corrected chi connectivity index (χ2v) is 7.22. The third-order valence-corrected chi connectivity index (χ3v) is 5.10. The third-order valence-electron chi connectivity index (χ3n) is 5.10. The van der Waals surface area contributed by atoms with E-state index in [1.807, 2.05) is 39.0 Å². The number of piperidine rings is 1. The lowest BCUT2D eigenvalue weighted by atomic mass is 10.1. The minimum Gasteiger partial charge on any atom is -0.352 e. The zero-order valence-electron chi connectivity index (χ0n) is 16.6. The van der Waals surface area contributed by atoms with Crippen molar-refractivity contribution in [2.45, 2.75) is 52.5 Å². The molecular weight excluding hydrogens is 340 g/mol. The SMILES string of the molecule is CCC(=O)NC1CCCN(CC(=O)N(CCC#N)c2ccc(C)c(C)c2)C1. The minimum absolute atomic E-state index is 0.00373. The lowest BCUT2D eigenvalue weighted by Gasteiger charge is -2.34. The Labute approximate surface area is 162 Å². The van der Waals surface area contributed by atoms with Gasteiger partial charge in [-0.3, -0.25) is 14.5 Å². The van der Waals surface area contributed by atoms with Gasteiger partial charge in [0.15, 0.2) is 0 Å². The van der Waals surface area contributed by atoms with Gasteiger partial charge < -0.3 is 10.2 Å². The fourth-order valence-electron chi connectivity index (χ4n) is 3.38. The third kappa shape index (κ3) is 6.07. The number of nitrogens with one attached hydrogen (secondary N) is 1. The molecule has 6 heteroatoms. The molecule has 1 unspecified atom stereocenters. The summed E-state index contributed by atoms with van der Waals surface area (Å²) in [6, 6.07) is 8.19. The number of anilines is 1. The summed E-state index contributed by atoms with van der Waals surface area (Å²) in [5.41, 5.74) is 3.14. The summed E-state index contributed by atoms with van der Waals surface area (Å²) < 4.78 is 0. The van der Waals surface area contributed by atoms with Crippen LogP contribution in [0.25, 0.3) is 0 Å². The predicted molar refractivity (Wildman–Crippen MR) is 106 cm³/mol. The van der Waals surface area contributed by atoms with Crippen LogP contribution < -0.4 is 10.2 Å². The second kappa shape index (κ2) is 10.1. The van der Waals surface area contributed by atoms with Crippen LogP contribution in [0.5, 0.6) is 0 Å². The van der Waals surface area contributed by atoms with Gasteiger partial charge in [-0.1, -0.05) is 13.0 Å². The molecule has 1 N–H and O–H groups in total. The molecule has 27 heavy (non-hydrogen) atoms. The van der Waals surface area contributed by atoms with Crippen molar-refractivity contribution in [1.82, 2.24) is 10.2 Å². The van der Waals surface area contributed by atoms with E-state index >= 15 is 0 Å². The number of hydrogen-bond acceptors (Lipinski definition) is 4. The Morgan fingerprint density at radius 3 is 2.78 bits per heavy atom. The van der Waals surface area contributed by atoms with Crippen molar-refractivity contribution in [3.05, 3.63) is 29.3 Å². The Bertz CT molecular complexity index is 711. The van der Waals surface area contributed by atoms with Crippen LogP contribution in [0.1, 0.15) is 43.7 Å². The van der Waals surface area contributed by atoms with Crippen molar-refractivity contribution < 1.29 is 9.59 Å². The topological polar surface area (TPSA) is 76.4 Å². The number of hydrogen-bond donors (Lipinski definition) is 1. The van der Waals surface area contributed by atoms with Crippen LogP contribution in [0, 0.1) is 25.2 Å². The van der Waals surface area contributed by atoms with Crippen molar-refractivity contribution >= 4 is 17.5 Å². The van der Waals surface area contributed by atoms with Crippen LogP contribution in [0.3, 0.4) is 0 Å². The number of rotatable bonds is 7. The summed E-state index contributed by atoms with van der Waals surface area (Å²) >= 11 is 0. The molecule has 0 saturated carbocycles. The number of benzene rings is 1. The number of nitrogens with zero attached hydrogens (tertiary/aromatic N) is 3. The number of likely N-dealkylation sites (tertiary alicyclic amines) is 1. The van der Waals surface area contributed by atoms with E-state index in [1.165, 1.54) is 5.56 Å². The van der Waals surface area contributed by atoms with Gasteiger partial charge in [-0.25, -0.2) is 0 Å². The molecule has 2 amide bonds. The Morgan fingerprint density at radius 2 is 2.11 bits per heavy atom. The molecular formula is C21H30N4O2. The van der Waals surface area contributed by atoms with Crippen molar-refractivity contribution in [1.29, 1.82) is 5.26 Å². The molecule has 2 rings (SSSR count). The standard InChI is InChI=1S/C21H30N4O2/c1-4-20(26)23-18-7-5-11-24(14-18)15-21(27)25(12-6-10-22)19-9-8-16(2)17(3)13-19/h8-9,13,18H,4-7,11-12,14-15H2,1-3H3,(H,23,26). The predicted octanol–water partition coefficient (Wildman–Crippen LogP) is 2.54. The molecule has 6 nitrogen and oxygen atoms in total. The molecule has 1 heterocycles. The molecule has 1 aliphatic heterocycles. The van der Waals surface area contributed by atoms with E-state index < -0.39 is 0 Å². The monoisotopic (exact) mass is 370 g/mol. The fraction of sp³-hybridized carbons (Fsp3) is 0.571. The largest absolute Gasteiger partial charge is 0.352 e. The number of aryl methyl sites for hydroxylation is 2. The van der Waals surface area contributed by atoms with Crippen LogP contribution >= 0.6 is 0 Å². The van der Waals surface area contributed by atoms with Gasteiger partial charge in [0.05, 0.1) is 19.0 Å². The average Bonchev–Trinajstić information content (AvgIpc) is 2.65. The second-order valence-electron chi connectivity index (χ2n) is 7.22. The van der Waals surface area contributed by atoms with Crippen LogP contribution in [0.4, 0.5) is 5.69 Å². The van der Waals surface area contributed by atoms with E-state index in [-0.39, 0.29) is 17.9 Å². The van der Waals surface area contributed by atoms with Gasteiger partial charge in [-0.2, -0.15) is 5.26 Å². The number of amides is 2. The van der Waals surface area contributed by atoms with E-state index in [0.717, 1.165) is 30.6 Å². The highest BCUT2D eigenvalue weighted by Crippen LogP contribution is 2.20. The first-order valence-corrected chi connectivity index (χ1v) is 9.70. The van der Waals surface area contributed by atoms with E-state index in [1.54, 1.807) is 4.90 Å². The maximum Gasteiger partial charge on any atom is 0.241 e. The first-order chi connectivity index (χ1) is 12.9. The summed E-state index contributed by atoms with van der Waals surface area (Å²) in [5.74, 6) is 0.0509. The van der Waals surface area contributed by atoms with Gasteiger partial charge in [0, 0.05) is 31.2 Å². The Morgan fingerprint density at radius 1 is 1.33 bits per heavy atom. The molecule has 0 aliphatic carbocycles. The summed E-state index contributed by atoms with van der Waals surface area (Å²) in [4.78, 5) is 28.4. The van der Waals surface area contributed by atoms with Crippen LogP contribution in [-0.4, -0.2) is 48.9 Å². The average molecular weight is 370 g/mol. The molecule has 0 aromatic heterocycles. The summed E-state index contributed by atoms with van der Waals surface area (Å²) in [7, 11) is 0. The smallest absolute Gasteiger partial charge is 0.241 e. The molecule has 1 fully saturated rings. The van der Waals surface area contributed by atoms with E-state index in [4.69, 9.17) is 5.26 Å². The molecule has 146 valence electrons. The lowest BCUT2D eigenvalue weighted by molar-refractivity contribution is -0.122. The first-order valence-electron chi connectivity index (χ1n) is 9.70. The van der Waals surface area contributed by atoms with E-state index in [0.29, 0.717) is 32.5 Å². The highest BCUT2D eigenvalue weighted by atomic mass is 16.2. The Kier molecular flexibility index (Phi) is 7.81. The van der Waals surface area contributed by atoms with Gasteiger partial charge in [-0.15, -0.1) is 0 Å². The highest BCUT2D eigenvalue weighted by Gasteiger charge is 2.25. The van der Waals surface area contributed by atoms with Crippen molar-refractivity contribution in [3.8, 4) is 6.07 Å². The Balaban J connectivity index is 2.05. The van der Waals surface area contributed by atoms with E-state index in [2.05, 4.69) is 16.3 Å². The number of carbonyl (C=O) groups excluding carboxylic acids is 2. The number of nitriles is 1. The molecule has 1 aromatic rings. The molecule has 0 spiro atoms. The molecule has 0 bridgehead atoms. The zero-order valence-corrected chi connectivity index (χ0v) is 16.6. The summed E-state index contributed by atoms with van der Waals surface area (Å²) in [5, 5.41) is 12.0. The van der Waals surface area contributed by atoms with Crippen molar-refractivity contribution in [2.24, 2.45) is 0 Å². The molecule has 0 radical (unpaired) electrons. The number of carbonyl (C=O) groups is 2. The molecule has 1 saturated heterocycles. The van der Waals surface area contributed by atoms with Crippen molar-refractivity contribution in [3.63, 3.8) is 0 Å². The van der Waals surface area contributed by atoms with E-state index in [9.17, 15) is 9.59 Å². The van der Waals surface area contributed by atoms with Gasteiger partial charge in [-0.05, 0) is 56.5 Å². The van der Waals surface area contributed by atoms with Crippen molar-refractivity contribution in [2.75, 3.05) is 31.1 Å². The maximum absolute atomic E-state index is 13.0. The van der Waals surface area contributed by atoms with Crippen LogP contribution in [0.15, 0.2) is 18.2 Å². The van der Waals surface area contributed by atoms with Gasteiger partial charge in [0.2, 0.25) is 11.8 Å². The quantitative estimate of drug-likeness (QED) is 0.800. The zero-order chi connectivity index (χ0) is 19.8. The summed E-state index contributed by atoms with van der Waals surface area (Å²) in [6.07, 6.45) is 2.69. The fourth-order valence-corrected chi connectivity index (χ4v) is 3.38. The normalized spacial score (nSPS) is 17.2. The lowest BCUT2D eigenvalue weighted by Crippen LogP contribution is -2.50. The first kappa shape index (κ1) is 20.9. The highest BCUT2D eigenvalue weighted by molar-refractivity contribution is 5.95.